The maximum absolute atomic E-state index is 12.2. The van der Waals surface area contributed by atoms with Crippen LogP contribution in [0.15, 0.2) is 12.2 Å². The third-order valence-electron chi connectivity index (χ3n) is 7.62. The lowest BCUT2D eigenvalue weighted by atomic mass is 9.49. The average molecular weight is 333 g/mol. The molecular weight excluding hydrogens is 296 g/mol. The molecule has 0 saturated heterocycles. The number of carbonyl (C=O) groups is 1. The molecule has 0 radical (unpaired) electrons. The Kier molecular flexibility index (Phi) is 6.05. The molecule has 0 atom stereocenters. The molecule has 1 N–H and O–H groups in total. The van der Waals surface area contributed by atoms with Crippen LogP contribution in [0.5, 0.6) is 0 Å². The number of aliphatic carboxylic acids is 1. The van der Waals surface area contributed by atoms with Gasteiger partial charge in [-0.3, -0.25) is 0 Å². The number of rotatable bonds is 5. The van der Waals surface area contributed by atoms with Gasteiger partial charge in [0.05, 0.1) is 0 Å². The quantitative estimate of drug-likeness (QED) is 0.595. The van der Waals surface area contributed by atoms with Crippen molar-refractivity contribution in [3.05, 3.63) is 12.2 Å². The van der Waals surface area contributed by atoms with Crippen LogP contribution in [-0.2, 0) is 4.79 Å². The lowest BCUT2D eigenvalue weighted by Crippen LogP contribution is -2.49. The Labute approximate surface area is 148 Å². The van der Waals surface area contributed by atoms with Gasteiger partial charge in [-0.2, -0.15) is 0 Å². The highest BCUT2D eigenvalue weighted by Gasteiger charge is 2.53. The van der Waals surface area contributed by atoms with Gasteiger partial charge in [0.2, 0.25) is 0 Å². The molecule has 3 rings (SSSR count). The van der Waals surface area contributed by atoms with Crippen LogP contribution in [0.4, 0.5) is 0 Å². The molecule has 136 valence electrons. The fourth-order valence-electron chi connectivity index (χ4n) is 6.67. The lowest BCUT2D eigenvalue weighted by Gasteiger charge is -2.55. The zero-order valence-electron chi connectivity index (χ0n) is 15.4. The number of carboxylic acids is 1. The minimum Gasteiger partial charge on any atom is -0.478 e. The van der Waals surface area contributed by atoms with Crippen LogP contribution in [-0.4, -0.2) is 11.1 Å². The fraction of sp³-hybridized carbons (Fsp3) is 0.864. The van der Waals surface area contributed by atoms with Gasteiger partial charge in [-0.15, -0.1) is 0 Å². The maximum Gasteiger partial charge on any atom is 0.331 e. The summed E-state index contributed by atoms with van der Waals surface area (Å²) in [7, 11) is 0. The molecule has 0 bridgehead atoms. The van der Waals surface area contributed by atoms with E-state index in [1.165, 1.54) is 96.3 Å². The molecule has 0 amide bonds. The normalized spacial score (nSPS) is 25.5. The first-order valence-corrected chi connectivity index (χ1v) is 10.6. The molecule has 3 aliphatic carbocycles. The zero-order valence-corrected chi connectivity index (χ0v) is 15.4. The summed E-state index contributed by atoms with van der Waals surface area (Å²) in [5.41, 5.74) is 0.487. The summed E-state index contributed by atoms with van der Waals surface area (Å²) < 4.78 is 0. The highest BCUT2D eigenvalue weighted by molar-refractivity contribution is 5.87. The van der Waals surface area contributed by atoms with Crippen LogP contribution in [0.1, 0.15) is 96.3 Å². The minimum absolute atomic E-state index is 0.104. The Morgan fingerprint density at radius 3 is 1.21 bits per heavy atom. The van der Waals surface area contributed by atoms with Gasteiger partial charge in [-0.25, -0.2) is 4.79 Å². The monoisotopic (exact) mass is 332 g/mol. The van der Waals surface area contributed by atoms with Gasteiger partial charge in [0.15, 0.2) is 0 Å². The SMILES string of the molecule is C=C(C(=O)O)C(C1CCCCC1)(C1CCCCC1)C1CCCCC1. The Morgan fingerprint density at radius 2 is 0.958 bits per heavy atom. The molecule has 3 aliphatic rings. The van der Waals surface area contributed by atoms with Crippen LogP contribution >= 0.6 is 0 Å². The van der Waals surface area contributed by atoms with Crippen molar-refractivity contribution >= 4 is 5.97 Å². The second kappa shape index (κ2) is 8.06. The van der Waals surface area contributed by atoms with Crippen LogP contribution in [0.3, 0.4) is 0 Å². The Balaban J connectivity index is 2.02. The van der Waals surface area contributed by atoms with E-state index in [-0.39, 0.29) is 5.41 Å². The maximum atomic E-state index is 12.2. The van der Waals surface area contributed by atoms with Crippen molar-refractivity contribution in [1.29, 1.82) is 0 Å². The van der Waals surface area contributed by atoms with Gasteiger partial charge in [0.1, 0.15) is 0 Å². The molecule has 0 aromatic heterocycles. The van der Waals surface area contributed by atoms with Crippen molar-refractivity contribution in [2.24, 2.45) is 23.2 Å². The third-order valence-corrected chi connectivity index (χ3v) is 7.62. The van der Waals surface area contributed by atoms with Crippen molar-refractivity contribution in [2.45, 2.75) is 96.3 Å². The van der Waals surface area contributed by atoms with E-state index in [4.69, 9.17) is 0 Å². The van der Waals surface area contributed by atoms with Crippen molar-refractivity contribution in [2.75, 3.05) is 0 Å². The Morgan fingerprint density at radius 1 is 0.667 bits per heavy atom. The highest BCUT2D eigenvalue weighted by Crippen LogP contribution is 2.60. The molecule has 2 nitrogen and oxygen atoms in total. The van der Waals surface area contributed by atoms with Gasteiger partial charge in [0.25, 0.3) is 0 Å². The van der Waals surface area contributed by atoms with Gasteiger partial charge in [-0.05, 0) is 56.3 Å². The second-order valence-corrected chi connectivity index (χ2v) is 8.72. The molecule has 3 saturated carbocycles. The van der Waals surface area contributed by atoms with Crippen LogP contribution < -0.4 is 0 Å². The lowest BCUT2D eigenvalue weighted by molar-refractivity contribution is -0.137. The summed E-state index contributed by atoms with van der Waals surface area (Å²) in [4.78, 5) is 12.2. The van der Waals surface area contributed by atoms with E-state index in [2.05, 4.69) is 6.58 Å². The number of carboxylic acid groups (broad SMARTS) is 1. The molecule has 0 aliphatic heterocycles. The van der Waals surface area contributed by atoms with Gasteiger partial charge >= 0.3 is 5.97 Å². The van der Waals surface area contributed by atoms with Crippen molar-refractivity contribution < 1.29 is 9.90 Å². The highest BCUT2D eigenvalue weighted by atomic mass is 16.4. The molecule has 2 heteroatoms. The topological polar surface area (TPSA) is 37.3 Å². The summed E-state index contributed by atoms with van der Waals surface area (Å²) in [6.45, 7) is 4.25. The Hall–Kier alpha value is -0.790. The first-order chi connectivity index (χ1) is 11.7. The van der Waals surface area contributed by atoms with E-state index in [9.17, 15) is 9.90 Å². The van der Waals surface area contributed by atoms with E-state index < -0.39 is 5.97 Å². The van der Waals surface area contributed by atoms with Gasteiger partial charge < -0.3 is 5.11 Å². The predicted octanol–water partition coefficient (Wildman–Crippen LogP) is 6.35. The summed E-state index contributed by atoms with van der Waals surface area (Å²) >= 11 is 0. The number of hydrogen-bond donors (Lipinski definition) is 1. The standard InChI is InChI=1S/C22H36O2/c1-17(21(23)24)22(18-11-5-2-6-12-18,19-13-7-3-8-14-19)20-15-9-4-10-16-20/h18-20H,1-16H2,(H,23,24). The summed E-state index contributed by atoms with van der Waals surface area (Å²) in [5.74, 6) is 1.000. The minimum atomic E-state index is -0.711. The average Bonchev–Trinajstić information content (AvgIpc) is 2.65. The molecule has 0 spiro atoms. The van der Waals surface area contributed by atoms with E-state index in [0.29, 0.717) is 23.3 Å². The number of hydrogen-bond acceptors (Lipinski definition) is 1. The first kappa shape index (κ1) is 18.0. The fourth-order valence-corrected chi connectivity index (χ4v) is 6.67. The largest absolute Gasteiger partial charge is 0.478 e. The smallest absolute Gasteiger partial charge is 0.331 e. The summed E-state index contributed by atoms with van der Waals surface area (Å²) in [6.07, 6.45) is 19.2. The molecular formula is C22H36O2. The molecule has 24 heavy (non-hydrogen) atoms. The van der Waals surface area contributed by atoms with Crippen molar-refractivity contribution in [1.82, 2.24) is 0 Å². The van der Waals surface area contributed by atoms with E-state index in [1.54, 1.807) is 0 Å². The van der Waals surface area contributed by atoms with E-state index in [1.807, 2.05) is 0 Å². The second-order valence-electron chi connectivity index (χ2n) is 8.72. The van der Waals surface area contributed by atoms with Crippen molar-refractivity contribution in [3.8, 4) is 0 Å². The summed E-state index contributed by atoms with van der Waals surface area (Å²) in [6, 6.07) is 0. The molecule has 0 unspecified atom stereocenters. The zero-order chi connectivity index (χ0) is 17.0. The van der Waals surface area contributed by atoms with Crippen molar-refractivity contribution in [3.63, 3.8) is 0 Å². The molecule has 0 aromatic rings. The molecule has 3 fully saturated rings. The third kappa shape index (κ3) is 3.30. The predicted molar refractivity (Wildman–Crippen MR) is 98.9 cm³/mol. The summed E-state index contributed by atoms with van der Waals surface area (Å²) in [5, 5.41) is 10.0. The van der Waals surface area contributed by atoms with Crippen LogP contribution in [0.25, 0.3) is 0 Å². The molecule has 0 heterocycles. The van der Waals surface area contributed by atoms with Gasteiger partial charge in [-0.1, -0.05) is 64.4 Å². The van der Waals surface area contributed by atoms with Gasteiger partial charge in [0, 0.05) is 11.0 Å². The molecule has 0 aromatic carbocycles. The van der Waals surface area contributed by atoms with Crippen LogP contribution in [0.2, 0.25) is 0 Å². The van der Waals surface area contributed by atoms with E-state index >= 15 is 0 Å². The Bertz CT molecular complexity index is 389. The van der Waals surface area contributed by atoms with E-state index in [0.717, 1.165) is 0 Å². The van der Waals surface area contributed by atoms with Crippen LogP contribution in [0, 0.1) is 23.2 Å². The first-order valence-electron chi connectivity index (χ1n) is 10.6.